The third kappa shape index (κ3) is 4.93. The van der Waals surface area contributed by atoms with Gasteiger partial charge >= 0.3 is 11.9 Å². The van der Waals surface area contributed by atoms with Crippen molar-refractivity contribution in [1.29, 1.82) is 0 Å². The molecule has 28 heavy (non-hydrogen) atoms. The zero-order chi connectivity index (χ0) is 20.3. The molecule has 2 aliphatic heterocycles. The van der Waals surface area contributed by atoms with Crippen LogP contribution in [-0.4, -0.2) is 30.6 Å². The highest BCUT2D eigenvalue weighted by Crippen LogP contribution is 2.36. The summed E-state index contributed by atoms with van der Waals surface area (Å²) in [5.74, 6) is -3.18. The number of carbonyl (C=O) groups is 2. The second kappa shape index (κ2) is 8.35. The highest BCUT2D eigenvalue weighted by molar-refractivity contribution is 5.98. The Balaban J connectivity index is 1.81. The number of benzene rings is 1. The Labute approximate surface area is 165 Å². The number of allylic oxidation sites excluding steroid dienone is 2. The van der Waals surface area contributed by atoms with Gasteiger partial charge in [0.05, 0.1) is 6.61 Å². The maximum Gasteiger partial charge on any atom is 0.324 e. The summed E-state index contributed by atoms with van der Waals surface area (Å²) in [5, 5.41) is 0. The molecule has 152 valence electrons. The summed E-state index contributed by atoms with van der Waals surface area (Å²) in [6.45, 7) is 7.67. The van der Waals surface area contributed by atoms with Crippen molar-refractivity contribution in [2.45, 2.75) is 65.0 Å². The van der Waals surface area contributed by atoms with E-state index in [1.807, 2.05) is 44.2 Å². The smallest absolute Gasteiger partial charge is 0.324 e. The Morgan fingerprint density at radius 2 is 1.75 bits per heavy atom. The molecule has 0 spiro atoms. The molecule has 2 unspecified atom stereocenters. The molecule has 0 aromatic heterocycles. The lowest BCUT2D eigenvalue weighted by molar-refractivity contribution is -0.240. The number of esters is 2. The molecule has 0 radical (unpaired) electrons. The van der Waals surface area contributed by atoms with Gasteiger partial charge in [-0.1, -0.05) is 23.8 Å². The molecule has 1 aromatic rings. The number of rotatable bonds is 5. The third-order valence-corrected chi connectivity index (χ3v) is 4.74. The molecule has 0 amide bonds. The Kier molecular flexibility index (Phi) is 6.08. The number of ether oxygens (including phenoxy) is 4. The lowest BCUT2D eigenvalue weighted by atomic mass is 9.84. The Hall–Kier alpha value is -2.34. The highest BCUT2D eigenvalue weighted by Gasteiger charge is 2.47. The Morgan fingerprint density at radius 1 is 1.11 bits per heavy atom. The van der Waals surface area contributed by atoms with Crippen LogP contribution in [0.15, 0.2) is 35.9 Å². The van der Waals surface area contributed by atoms with Crippen LogP contribution in [0.3, 0.4) is 0 Å². The standard InChI is InChI=1S/C22H28O6/c1-14(2)13-17(19-20(23)27-22(3,4)28-21(19)24)15-8-10-16(11-9-15)26-18-7-5-6-12-25-18/h8-11,13,17-19H,5-7,12H2,1-4H3. The average molecular weight is 388 g/mol. The van der Waals surface area contributed by atoms with E-state index >= 15 is 0 Å². The zero-order valence-corrected chi connectivity index (χ0v) is 16.9. The van der Waals surface area contributed by atoms with Gasteiger partial charge < -0.3 is 18.9 Å². The minimum absolute atomic E-state index is 0.223. The molecule has 2 saturated heterocycles. The predicted molar refractivity (Wildman–Crippen MR) is 103 cm³/mol. The van der Waals surface area contributed by atoms with Crippen LogP contribution in [-0.2, 0) is 23.8 Å². The largest absolute Gasteiger partial charge is 0.465 e. The number of hydrogen-bond donors (Lipinski definition) is 0. The van der Waals surface area contributed by atoms with E-state index in [1.54, 1.807) is 13.8 Å². The van der Waals surface area contributed by atoms with Gasteiger partial charge in [0, 0.05) is 26.2 Å². The molecule has 0 aliphatic carbocycles. The average Bonchev–Trinajstić information content (AvgIpc) is 2.60. The lowest BCUT2D eigenvalue weighted by Crippen LogP contribution is -2.48. The van der Waals surface area contributed by atoms with Crippen LogP contribution in [0.25, 0.3) is 0 Å². The van der Waals surface area contributed by atoms with Crippen molar-refractivity contribution in [3.05, 3.63) is 41.5 Å². The van der Waals surface area contributed by atoms with Gasteiger partial charge in [0.1, 0.15) is 5.75 Å². The highest BCUT2D eigenvalue weighted by atomic mass is 16.7. The van der Waals surface area contributed by atoms with Gasteiger partial charge in [-0.15, -0.1) is 0 Å². The normalized spacial score (nSPS) is 23.4. The fraction of sp³-hybridized carbons (Fsp3) is 0.545. The summed E-state index contributed by atoms with van der Waals surface area (Å²) in [7, 11) is 0. The van der Waals surface area contributed by atoms with Crippen molar-refractivity contribution in [2.24, 2.45) is 5.92 Å². The van der Waals surface area contributed by atoms with E-state index in [9.17, 15) is 9.59 Å². The first-order valence-corrected chi connectivity index (χ1v) is 9.74. The minimum atomic E-state index is -1.24. The zero-order valence-electron chi connectivity index (χ0n) is 16.9. The van der Waals surface area contributed by atoms with Crippen LogP contribution in [0.2, 0.25) is 0 Å². The van der Waals surface area contributed by atoms with Crippen molar-refractivity contribution in [2.75, 3.05) is 6.61 Å². The van der Waals surface area contributed by atoms with Gasteiger partial charge in [-0.05, 0) is 44.4 Å². The van der Waals surface area contributed by atoms with E-state index in [0.29, 0.717) is 12.4 Å². The van der Waals surface area contributed by atoms with E-state index in [-0.39, 0.29) is 6.29 Å². The van der Waals surface area contributed by atoms with Crippen LogP contribution in [0.5, 0.6) is 5.75 Å². The van der Waals surface area contributed by atoms with Crippen LogP contribution < -0.4 is 4.74 Å². The first-order chi connectivity index (χ1) is 13.2. The molecule has 1 aromatic carbocycles. The van der Waals surface area contributed by atoms with E-state index in [4.69, 9.17) is 18.9 Å². The van der Waals surface area contributed by atoms with Crippen LogP contribution >= 0.6 is 0 Å². The maximum absolute atomic E-state index is 12.6. The van der Waals surface area contributed by atoms with E-state index in [2.05, 4.69) is 0 Å². The van der Waals surface area contributed by atoms with Crippen LogP contribution in [0.4, 0.5) is 0 Å². The van der Waals surface area contributed by atoms with Crippen molar-refractivity contribution < 1.29 is 28.5 Å². The van der Waals surface area contributed by atoms with Crippen molar-refractivity contribution in [3.63, 3.8) is 0 Å². The molecule has 2 heterocycles. The second-order valence-electron chi connectivity index (χ2n) is 7.97. The minimum Gasteiger partial charge on any atom is -0.465 e. The SMILES string of the molecule is CC(C)=CC(c1ccc(OC2CCCCO2)cc1)C1C(=O)OC(C)(C)OC1=O. The molecule has 2 fully saturated rings. The van der Waals surface area contributed by atoms with Gasteiger partial charge in [0.15, 0.2) is 12.2 Å². The van der Waals surface area contributed by atoms with Gasteiger partial charge in [0.25, 0.3) is 5.79 Å². The molecule has 0 N–H and O–H groups in total. The Morgan fingerprint density at radius 3 is 2.29 bits per heavy atom. The molecular weight excluding hydrogens is 360 g/mol. The molecular formula is C22H28O6. The summed E-state index contributed by atoms with van der Waals surface area (Å²) >= 11 is 0. The van der Waals surface area contributed by atoms with E-state index in [1.165, 1.54) is 0 Å². The first kappa shape index (κ1) is 20.4. The van der Waals surface area contributed by atoms with Gasteiger partial charge in [0.2, 0.25) is 0 Å². The first-order valence-electron chi connectivity index (χ1n) is 9.74. The van der Waals surface area contributed by atoms with Crippen molar-refractivity contribution in [1.82, 2.24) is 0 Å². The molecule has 3 rings (SSSR count). The van der Waals surface area contributed by atoms with E-state index < -0.39 is 29.6 Å². The Bertz CT molecular complexity index is 719. The topological polar surface area (TPSA) is 71.1 Å². The summed E-state index contributed by atoms with van der Waals surface area (Å²) in [4.78, 5) is 25.1. The lowest BCUT2D eigenvalue weighted by Gasteiger charge is -2.35. The van der Waals surface area contributed by atoms with Gasteiger partial charge in [-0.3, -0.25) is 9.59 Å². The fourth-order valence-corrected chi connectivity index (χ4v) is 3.49. The molecule has 6 nitrogen and oxygen atoms in total. The fourth-order valence-electron chi connectivity index (χ4n) is 3.49. The summed E-state index contributed by atoms with van der Waals surface area (Å²) in [5.41, 5.74) is 1.81. The van der Waals surface area contributed by atoms with E-state index in [0.717, 1.165) is 30.4 Å². The van der Waals surface area contributed by atoms with Crippen LogP contribution in [0, 0.1) is 5.92 Å². The molecule has 0 saturated carbocycles. The van der Waals surface area contributed by atoms with Crippen molar-refractivity contribution in [3.8, 4) is 5.75 Å². The quantitative estimate of drug-likeness (QED) is 0.430. The summed E-state index contributed by atoms with van der Waals surface area (Å²) in [6.07, 6.45) is 4.70. The number of hydrogen-bond acceptors (Lipinski definition) is 6. The monoisotopic (exact) mass is 388 g/mol. The predicted octanol–water partition coefficient (Wildman–Crippen LogP) is 4.09. The summed E-state index contributed by atoms with van der Waals surface area (Å²) < 4.78 is 22.1. The second-order valence-corrected chi connectivity index (χ2v) is 7.97. The molecule has 2 atom stereocenters. The third-order valence-electron chi connectivity index (χ3n) is 4.74. The van der Waals surface area contributed by atoms with Gasteiger partial charge in [-0.25, -0.2) is 0 Å². The number of cyclic esters (lactones) is 2. The van der Waals surface area contributed by atoms with Crippen molar-refractivity contribution >= 4 is 11.9 Å². The molecule has 0 bridgehead atoms. The molecule has 2 aliphatic rings. The molecule has 6 heteroatoms. The summed E-state index contributed by atoms with van der Waals surface area (Å²) in [6, 6.07) is 7.40. The number of carbonyl (C=O) groups excluding carboxylic acids is 2. The van der Waals surface area contributed by atoms with Crippen LogP contribution in [0.1, 0.15) is 58.4 Å². The maximum atomic E-state index is 12.6. The van der Waals surface area contributed by atoms with Gasteiger partial charge in [-0.2, -0.15) is 0 Å².